The van der Waals surface area contributed by atoms with Crippen molar-refractivity contribution in [2.45, 2.75) is 23.4 Å². The number of carbonyl (C=O) groups is 1. The highest BCUT2D eigenvalue weighted by Gasteiger charge is 2.10. The van der Waals surface area contributed by atoms with Gasteiger partial charge < -0.3 is 5.32 Å². The van der Waals surface area contributed by atoms with Crippen LogP contribution in [-0.4, -0.2) is 15.9 Å². The molecule has 140 valence electrons. The summed E-state index contributed by atoms with van der Waals surface area (Å²) >= 11 is 3.29. The number of pyridine rings is 1. The molecule has 0 aliphatic rings. The summed E-state index contributed by atoms with van der Waals surface area (Å²) in [4.78, 5) is 21.4. The second kappa shape index (κ2) is 8.54. The van der Waals surface area contributed by atoms with Crippen LogP contribution >= 0.6 is 23.1 Å². The molecule has 0 fully saturated rings. The fraction of sp³-hybridized carbons (Fsp3) is 0.136. The first-order valence-corrected chi connectivity index (χ1v) is 10.8. The molecule has 2 aromatic heterocycles. The zero-order valence-electron chi connectivity index (χ0n) is 15.4. The number of anilines is 1. The maximum Gasteiger partial charge on any atom is 0.230 e. The zero-order chi connectivity index (χ0) is 19.3. The van der Waals surface area contributed by atoms with Crippen molar-refractivity contribution in [2.24, 2.45) is 0 Å². The highest BCUT2D eigenvalue weighted by Crippen LogP contribution is 2.27. The van der Waals surface area contributed by atoms with E-state index < -0.39 is 0 Å². The number of aromatic nitrogens is 2. The molecule has 0 spiro atoms. The van der Waals surface area contributed by atoms with Crippen molar-refractivity contribution < 1.29 is 4.79 Å². The third-order valence-corrected chi connectivity index (χ3v) is 6.42. The summed E-state index contributed by atoms with van der Waals surface area (Å²) in [5.74, 6) is 0.805. The van der Waals surface area contributed by atoms with Gasteiger partial charge >= 0.3 is 0 Å². The number of thiazole rings is 1. The van der Waals surface area contributed by atoms with Crippen molar-refractivity contribution in [1.29, 1.82) is 0 Å². The van der Waals surface area contributed by atoms with E-state index in [0.717, 1.165) is 32.4 Å². The Hall–Kier alpha value is -2.70. The molecule has 0 aliphatic carbocycles. The first kappa shape index (κ1) is 18.7. The largest absolute Gasteiger partial charge is 0.325 e. The van der Waals surface area contributed by atoms with Crippen LogP contribution in [0.15, 0.2) is 70.5 Å². The number of amides is 1. The molecule has 0 atom stereocenters. The Balaban J connectivity index is 1.36. The van der Waals surface area contributed by atoms with E-state index in [0.29, 0.717) is 0 Å². The Morgan fingerprint density at radius 2 is 1.96 bits per heavy atom. The standard InChI is InChI=1S/C22H19N3OS2/c1-15-7-9-16(10-8-15)13-27-22-24-17(14-28-22)12-21(26)25-20-6-2-5-19-18(20)4-3-11-23-19/h2-11,14H,12-13H2,1H3,(H,25,26). The minimum Gasteiger partial charge on any atom is -0.325 e. The van der Waals surface area contributed by atoms with Crippen LogP contribution in [0.5, 0.6) is 0 Å². The van der Waals surface area contributed by atoms with Crippen molar-refractivity contribution in [3.05, 3.63) is 83.0 Å². The van der Waals surface area contributed by atoms with Gasteiger partial charge in [-0.15, -0.1) is 11.3 Å². The lowest BCUT2D eigenvalue weighted by molar-refractivity contribution is -0.115. The van der Waals surface area contributed by atoms with Gasteiger partial charge in [0.05, 0.1) is 23.3 Å². The second-order valence-electron chi connectivity index (χ2n) is 6.48. The highest BCUT2D eigenvalue weighted by atomic mass is 32.2. The lowest BCUT2D eigenvalue weighted by atomic mass is 10.2. The molecule has 0 saturated heterocycles. The molecule has 28 heavy (non-hydrogen) atoms. The van der Waals surface area contributed by atoms with Gasteiger partial charge in [-0.05, 0) is 36.8 Å². The summed E-state index contributed by atoms with van der Waals surface area (Å²) in [7, 11) is 0. The monoisotopic (exact) mass is 405 g/mol. The van der Waals surface area contributed by atoms with Crippen molar-refractivity contribution in [3.63, 3.8) is 0 Å². The summed E-state index contributed by atoms with van der Waals surface area (Å²) in [6.07, 6.45) is 2.01. The molecule has 1 N–H and O–H groups in total. The summed E-state index contributed by atoms with van der Waals surface area (Å²) in [5.41, 5.74) is 4.98. The topological polar surface area (TPSA) is 54.9 Å². The van der Waals surface area contributed by atoms with Crippen molar-refractivity contribution in [2.75, 3.05) is 5.32 Å². The van der Waals surface area contributed by atoms with E-state index in [1.165, 1.54) is 11.1 Å². The van der Waals surface area contributed by atoms with Gasteiger partial charge in [0.15, 0.2) is 0 Å². The summed E-state index contributed by atoms with van der Waals surface area (Å²) in [5, 5.41) is 5.88. The molecule has 0 radical (unpaired) electrons. The fourth-order valence-electron chi connectivity index (χ4n) is 2.84. The number of benzene rings is 2. The predicted molar refractivity (Wildman–Crippen MR) is 117 cm³/mol. The second-order valence-corrected chi connectivity index (χ2v) is 8.56. The molecule has 4 aromatic rings. The molecule has 2 aromatic carbocycles. The van der Waals surface area contributed by atoms with Crippen LogP contribution in [0.1, 0.15) is 16.8 Å². The van der Waals surface area contributed by atoms with E-state index in [9.17, 15) is 4.79 Å². The lowest BCUT2D eigenvalue weighted by Gasteiger charge is -2.07. The van der Waals surface area contributed by atoms with E-state index in [1.807, 2.05) is 35.7 Å². The van der Waals surface area contributed by atoms with Crippen LogP contribution in [-0.2, 0) is 17.0 Å². The molecule has 0 saturated carbocycles. The third-order valence-electron chi connectivity index (χ3n) is 4.28. The van der Waals surface area contributed by atoms with E-state index in [1.54, 1.807) is 29.3 Å². The van der Waals surface area contributed by atoms with E-state index in [-0.39, 0.29) is 12.3 Å². The average Bonchev–Trinajstić information content (AvgIpc) is 3.15. The number of nitrogens with zero attached hydrogens (tertiary/aromatic N) is 2. The number of hydrogen-bond donors (Lipinski definition) is 1. The number of thioether (sulfide) groups is 1. The number of aryl methyl sites for hydroxylation is 1. The van der Waals surface area contributed by atoms with Gasteiger partial charge in [-0.3, -0.25) is 9.78 Å². The molecule has 0 bridgehead atoms. The number of hydrogen-bond acceptors (Lipinski definition) is 5. The van der Waals surface area contributed by atoms with E-state index >= 15 is 0 Å². The van der Waals surface area contributed by atoms with Crippen LogP contribution in [0.25, 0.3) is 10.9 Å². The van der Waals surface area contributed by atoms with Crippen molar-refractivity contribution in [3.8, 4) is 0 Å². The average molecular weight is 406 g/mol. The summed E-state index contributed by atoms with van der Waals surface area (Å²) in [6.45, 7) is 2.09. The molecular formula is C22H19N3OS2. The number of nitrogens with one attached hydrogen (secondary N) is 1. The number of carbonyl (C=O) groups excluding carboxylic acids is 1. The Labute approximate surface area is 172 Å². The Kier molecular flexibility index (Phi) is 5.69. The van der Waals surface area contributed by atoms with Crippen molar-refractivity contribution >= 4 is 45.6 Å². The molecule has 4 nitrogen and oxygen atoms in total. The zero-order valence-corrected chi connectivity index (χ0v) is 17.0. The van der Waals surface area contributed by atoms with Crippen LogP contribution in [0.3, 0.4) is 0 Å². The number of fused-ring (bicyclic) bond motifs is 1. The van der Waals surface area contributed by atoms with Gasteiger partial charge in [0.1, 0.15) is 4.34 Å². The van der Waals surface area contributed by atoms with Crippen LogP contribution in [0, 0.1) is 6.92 Å². The van der Waals surface area contributed by atoms with Gasteiger partial charge in [0.25, 0.3) is 0 Å². The summed E-state index contributed by atoms with van der Waals surface area (Å²) < 4.78 is 0.984. The molecule has 2 heterocycles. The molecule has 1 amide bonds. The minimum atomic E-state index is -0.0725. The lowest BCUT2D eigenvalue weighted by Crippen LogP contribution is -2.14. The molecule has 4 rings (SSSR count). The maximum absolute atomic E-state index is 12.5. The van der Waals surface area contributed by atoms with Gasteiger partial charge in [0, 0.05) is 22.7 Å². The number of rotatable bonds is 6. The van der Waals surface area contributed by atoms with Gasteiger partial charge in [-0.25, -0.2) is 4.98 Å². The van der Waals surface area contributed by atoms with E-state index in [4.69, 9.17) is 0 Å². The Morgan fingerprint density at radius 1 is 1.11 bits per heavy atom. The van der Waals surface area contributed by atoms with Gasteiger partial charge in [-0.1, -0.05) is 47.7 Å². The first-order valence-electron chi connectivity index (χ1n) is 8.94. The molecule has 6 heteroatoms. The fourth-order valence-corrected chi connectivity index (χ4v) is 4.64. The predicted octanol–water partition coefficient (Wildman–Crippen LogP) is 5.47. The Morgan fingerprint density at radius 3 is 2.82 bits per heavy atom. The summed E-state index contributed by atoms with van der Waals surface area (Å²) in [6, 6.07) is 18.1. The quantitative estimate of drug-likeness (QED) is 0.432. The first-order chi connectivity index (χ1) is 13.7. The minimum absolute atomic E-state index is 0.0725. The van der Waals surface area contributed by atoms with Crippen LogP contribution < -0.4 is 5.32 Å². The molecule has 0 unspecified atom stereocenters. The van der Waals surface area contributed by atoms with Gasteiger partial charge in [0.2, 0.25) is 5.91 Å². The van der Waals surface area contributed by atoms with Gasteiger partial charge in [-0.2, -0.15) is 0 Å². The van der Waals surface area contributed by atoms with Crippen molar-refractivity contribution in [1.82, 2.24) is 9.97 Å². The normalized spacial score (nSPS) is 10.9. The smallest absolute Gasteiger partial charge is 0.230 e. The molecule has 0 aliphatic heterocycles. The third kappa shape index (κ3) is 4.58. The van der Waals surface area contributed by atoms with Crippen LogP contribution in [0.4, 0.5) is 5.69 Å². The SMILES string of the molecule is Cc1ccc(CSc2nc(CC(=O)Nc3cccc4ncccc34)cs2)cc1. The maximum atomic E-state index is 12.5. The molecular weight excluding hydrogens is 386 g/mol. The highest BCUT2D eigenvalue weighted by molar-refractivity contribution is 8.00. The van der Waals surface area contributed by atoms with Crippen LogP contribution in [0.2, 0.25) is 0 Å². The van der Waals surface area contributed by atoms with E-state index in [2.05, 4.69) is 46.5 Å². The Bertz CT molecular complexity index is 1100.